The van der Waals surface area contributed by atoms with Crippen molar-refractivity contribution in [2.45, 2.75) is 6.04 Å². The van der Waals surface area contributed by atoms with Gasteiger partial charge in [-0.25, -0.2) is 0 Å². The Morgan fingerprint density at radius 2 is 2.13 bits per heavy atom. The van der Waals surface area contributed by atoms with Crippen molar-refractivity contribution in [2.24, 2.45) is 4.99 Å². The number of benzene rings is 1. The molecule has 0 spiro atoms. The van der Waals surface area contributed by atoms with Gasteiger partial charge in [0, 0.05) is 0 Å². The second kappa shape index (κ2) is 4.45. The third-order valence-electron chi connectivity index (χ3n) is 2.12. The van der Waals surface area contributed by atoms with Gasteiger partial charge in [-0.3, -0.25) is 9.79 Å². The lowest BCUT2D eigenvalue weighted by molar-refractivity contribution is -0.140. The van der Waals surface area contributed by atoms with Gasteiger partial charge in [-0.05, 0) is 5.56 Å². The van der Waals surface area contributed by atoms with Crippen LogP contribution in [0.1, 0.15) is 5.56 Å². The van der Waals surface area contributed by atoms with Gasteiger partial charge in [0.05, 0.1) is 5.71 Å². The third kappa shape index (κ3) is 2.57. The fourth-order valence-corrected chi connectivity index (χ4v) is 1.41. The maximum absolute atomic E-state index is 10.8. The Kier molecular flexibility index (Phi) is 3.02. The van der Waals surface area contributed by atoms with Crippen LogP contribution in [0.3, 0.4) is 0 Å². The molecule has 1 aliphatic rings. The minimum Gasteiger partial charge on any atom is -0.462 e. The molecule has 78 valence electrons. The predicted molar refractivity (Wildman–Crippen MR) is 58.4 cm³/mol. The highest BCUT2D eigenvalue weighted by Gasteiger charge is 2.29. The number of alkyl halides is 1. The zero-order chi connectivity index (χ0) is 10.7. The van der Waals surface area contributed by atoms with Crippen LogP contribution in [0.4, 0.5) is 0 Å². The second-order valence-electron chi connectivity index (χ2n) is 3.21. The zero-order valence-electron chi connectivity index (χ0n) is 8.02. The van der Waals surface area contributed by atoms with Crippen molar-refractivity contribution in [3.8, 4) is 0 Å². The summed E-state index contributed by atoms with van der Waals surface area (Å²) < 4.78 is 4.88. The van der Waals surface area contributed by atoms with E-state index < -0.39 is 5.97 Å². The number of esters is 1. The van der Waals surface area contributed by atoms with Gasteiger partial charge in [0.2, 0.25) is 0 Å². The maximum atomic E-state index is 10.8. The molecule has 0 N–H and O–H groups in total. The second-order valence-corrected chi connectivity index (χ2v) is 3.48. The lowest BCUT2D eigenvalue weighted by atomic mass is 10.1. The van der Waals surface area contributed by atoms with E-state index in [4.69, 9.17) is 16.3 Å². The fourth-order valence-electron chi connectivity index (χ4n) is 1.33. The molecule has 0 saturated heterocycles. The smallest absolute Gasteiger partial charge is 0.320 e. The van der Waals surface area contributed by atoms with Crippen LogP contribution >= 0.6 is 11.6 Å². The molecule has 0 aromatic heterocycles. The van der Waals surface area contributed by atoms with Crippen LogP contribution in [0.2, 0.25) is 0 Å². The molecule has 1 heterocycles. The largest absolute Gasteiger partial charge is 0.462 e. The molecular weight excluding hydrogens is 214 g/mol. The third-order valence-corrected chi connectivity index (χ3v) is 2.34. The highest BCUT2D eigenvalue weighted by atomic mass is 35.5. The Morgan fingerprint density at radius 3 is 2.80 bits per heavy atom. The number of ether oxygens (including phenoxy) is 1. The number of hydrogen-bond acceptors (Lipinski definition) is 3. The number of rotatable bonds is 4. The molecule has 0 amide bonds. The molecule has 0 saturated carbocycles. The lowest BCUT2D eigenvalue weighted by Gasteiger charge is -1.99. The van der Waals surface area contributed by atoms with Crippen LogP contribution in [-0.2, 0) is 9.53 Å². The molecule has 1 atom stereocenters. The van der Waals surface area contributed by atoms with Crippen LogP contribution in [-0.4, -0.2) is 30.2 Å². The average molecular weight is 224 g/mol. The van der Waals surface area contributed by atoms with Gasteiger partial charge in [-0.2, -0.15) is 0 Å². The van der Waals surface area contributed by atoms with E-state index in [-0.39, 0.29) is 11.9 Å². The Morgan fingerprint density at radius 1 is 1.40 bits per heavy atom. The van der Waals surface area contributed by atoms with Gasteiger partial charge < -0.3 is 4.74 Å². The van der Waals surface area contributed by atoms with E-state index >= 15 is 0 Å². The summed E-state index contributed by atoms with van der Waals surface area (Å²) in [6.45, 7) is 0.301. The van der Waals surface area contributed by atoms with Crippen molar-refractivity contribution in [3.05, 3.63) is 35.9 Å². The molecule has 3 nitrogen and oxygen atoms in total. The quantitative estimate of drug-likeness (QED) is 0.575. The van der Waals surface area contributed by atoms with Crippen LogP contribution in [0.5, 0.6) is 0 Å². The summed E-state index contributed by atoms with van der Waals surface area (Å²) in [4.78, 5) is 15.0. The molecule has 0 bridgehead atoms. The van der Waals surface area contributed by atoms with Crippen LogP contribution < -0.4 is 0 Å². The first-order chi connectivity index (χ1) is 7.31. The summed E-state index contributed by atoms with van der Waals surface area (Å²) in [5, 5.41) is 0. The minimum absolute atomic E-state index is 0.0274. The van der Waals surface area contributed by atoms with E-state index in [2.05, 4.69) is 4.99 Å². The van der Waals surface area contributed by atoms with Gasteiger partial charge in [-0.1, -0.05) is 30.3 Å². The number of hydrogen-bond donors (Lipinski definition) is 0. The van der Waals surface area contributed by atoms with Gasteiger partial charge in [0.1, 0.15) is 18.5 Å². The molecule has 0 aliphatic carbocycles. The van der Waals surface area contributed by atoms with Crippen LogP contribution in [0, 0.1) is 0 Å². The van der Waals surface area contributed by atoms with Crippen LogP contribution in [0.25, 0.3) is 0 Å². The summed E-state index contributed by atoms with van der Waals surface area (Å²) in [6, 6.07) is 9.87. The topological polar surface area (TPSA) is 38.7 Å². The first-order valence-corrected chi connectivity index (χ1v) is 5.19. The van der Waals surface area contributed by atoms with Crippen molar-refractivity contribution in [1.29, 1.82) is 0 Å². The first-order valence-electron chi connectivity index (χ1n) is 4.66. The molecule has 2 rings (SSSR count). The minimum atomic E-state index is -0.397. The van der Waals surface area contributed by atoms with E-state index in [9.17, 15) is 4.79 Å². The monoisotopic (exact) mass is 223 g/mol. The highest BCUT2D eigenvalue weighted by Crippen LogP contribution is 2.19. The molecule has 4 heteroatoms. The number of aliphatic imine (C=N–C) groups is 1. The van der Waals surface area contributed by atoms with Crippen molar-refractivity contribution >= 4 is 23.3 Å². The number of nitrogens with zero attached hydrogens (tertiary/aromatic N) is 1. The molecular formula is C11H10ClNO2. The highest BCUT2D eigenvalue weighted by molar-refractivity contribution is 6.26. The summed E-state index contributed by atoms with van der Waals surface area (Å²) in [6.07, 6.45) is 0. The Bertz CT molecular complexity index is 389. The average Bonchev–Trinajstić information content (AvgIpc) is 3.06. The zero-order valence-corrected chi connectivity index (χ0v) is 8.78. The van der Waals surface area contributed by atoms with Crippen LogP contribution in [0.15, 0.2) is 35.3 Å². The Balaban J connectivity index is 1.81. The normalized spacial score (nSPS) is 18.2. The fraction of sp³-hybridized carbons (Fsp3) is 0.273. The molecule has 0 radical (unpaired) electrons. The van der Waals surface area contributed by atoms with E-state index in [0.717, 1.165) is 11.3 Å². The van der Waals surface area contributed by atoms with Crippen molar-refractivity contribution in [3.63, 3.8) is 0 Å². The summed E-state index contributed by atoms with van der Waals surface area (Å²) in [7, 11) is 0. The Labute approximate surface area is 92.7 Å². The van der Waals surface area contributed by atoms with E-state index in [1.807, 2.05) is 30.3 Å². The molecule has 0 unspecified atom stereocenters. The van der Waals surface area contributed by atoms with E-state index in [0.29, 0.717) is 6.61 Å². The van der Waals surface area contributed by atoms with E-state index in [1.165, 1.54) is 0 Å². The number of carbonyl (C=O) groups excluding carboxylic acids is 1. The first kappa shape index (κ1) is 10.2. The number of carbonyl (C=O) groups is 1. The maximum Gasteiger partial charge on any atom is 0.320 e. The lowest BCUT2D eigenvalue weighted by Crippen LogP contribution is -2.14. The Hall–Kier alpha value is -1.35. The van der Waals surface area contributed by atoms with E-state index in [1.54, 1.807) is 0 Å². The van der Waals surface area contributed by atoms with Gasteiger partial charge in [0.15, 0.2) is 0 Å². The molecule has 1 aromatic rings. The molecule has 15 heavy (non-hydrogen) atoms. The summed E-state index contributed by atoms with van der Waals surface area (Å²) in [5.74, 6) is -0.501. The standard InChI is InChI=1S/C11H10ClNO2/c12-6-10(14)15-7-9-11(13-9)8-4-2-1-3-5-8/h1-5,9H,6-7H2/t9-/m0/s1. The van der Waals surface area contributed by atoms with Gasteiger partial charge in [-0.15, -0.1) is 11.6 Å². The van der Waals surface area contributed by atoms with Crippen molar-refractivity contribution in [1.82, 2.24) is 0 Å². The summed E-state index contributed by atoms with van der Waals surface area (Å²) in [5.41, 5.74) is 2.09. The van der Waals surface area contributed by atoms with Gasteiger partial charge in [0.25, 0.3) is 0 Å². The summed E-state index contributed by atoms with van der Waals surface area (Å²) >= 11 is 5.30. The van der Waals surface area contributed by atoms with Crippen molar-refractivity contribution in [2.75, 3.05) is 12.5 Å². The molecule has 1 aliphatic heterocycles. The number of halogens is 1. The van der Waals surface area contributed by atoms with Crippen molar-refractivity contribution < 1.29 is 9.53 Å². The molecule has 1 aromatic carbocycles. The predicted octanol–water partition coefficient (Wildman–Crippen LogP) is 1.64. The van der Waals surface area contributed by atoms with Gasteiger partial charge >= 0.3 is 5.97 Å². The molecule has 0 fully saturated rings. The SMILES string of the molecule is O=C(CCl)OC[C@@H]1N=C1c1ccccc1.